The Bertz CT molecular complexity index is 712. The minimum atomic E-state index is -0.407. The molecule has 0 saturated carbocycles. The molecule has 3 rings (SSSR count). The molecule has 0 atom stereocenters. The maximum atomic E-state index is 13.1. The summed E-state index contributed by atoms with van der Waals surface area (Å²) in [5, 5.41) is 0.252. The number of H-pyrrole nitrogens is 1. The summed E-state index contributed by atoms with van der Waals surface area (Å²) in [7, 11) is 0. The minimum Gasteiger partial charge on any atom is -0.306 e. The molecule has 1 aliphatic rings. The first kappa shape index (κ1) is 13.3. The molecule has 0 unspecified atom stereocenters. The minimum absolute atomic E-state index is 0.104. The van der Waals surface area contributed by atoms with Gasteiger partial charge in [-0.15, -0.1) is 0 Å². The summed E-state index contributed by atoms with van der Waals surface area (Å²) in [5.41, 5.74) is 2.08. The molecule has 1 heterocycles. The molecule has 0 amide bonds. The third-order valence-electron chi connectivity index (χ3n) is 3.63. The highest BCUT2D eigenvalue weighted by molar-refractivity contribution is 6.33. The molecule has 3 nitrogen and oxygen atoms in total. The van der Waals surface area contributed by atoms with Gasteiger partial charge < -0.3 is 4.98 Å². The number of aromatic amines is 1. The summed E-state index contributed by atoms with van der Waals surface area (Å²) in [6.07, 6.45) is 4.76. The Kier molecular flexibility index (Phi) is 3.57. The van der Waals surface area contributed by atoms with E-state index in [1.165, 1.54) is 12.1 Å². The normalized spacial score (nSPS) is 14.7. The van der Waals surface area contributed by atoms with Gasteiger partial charge in [-0.2, -0.15) is 0 Å². The maximum Gasteiger partial charge on any atom is 0.254 e. The van der Waals surface area contributed by atoms with Crippen LogP contribution in [0.3, 0.4) is 0 Å². The first-order valence-electron chi connectivity index (χ1n) is 6.72. The molecule has 0 aliphatic heterocycles. The number of rotatable bonds is 1. The molecular formula is C15H14ClFN2O. The van der Waals surface area contributed by atoms with E-state index in [0.717, 1.165) is 43.4 Å². The smallest absolute Gasteiger partial charge is 0.254 e. The van der Waals surface area contributed by atoms with Gasteiger partial charge in [-0.3, -0.25) is 4.79 Å². The third-order valence-corrected chi connectivity index (χ3v) is 3.94. The summed E-state index contributed by atoms with van der Waals surface area (Å²) in [5.74, 6) is 0.0107. The molecule has 0 spiro atoms. The van der Waals surface area contributed by atoms with Gasteiger partial charge in [-0.25, -0.2) is 9.37 Å². The average Bonchev–Trinajstić information content (AvgIpc) is 2.64. The number of aryl methyl sites for hydroxylation is 1. The Balaban J connectivity index is 2.13. The Morgan fingerprint density at radius 1 is 1.20 bits per heavy atom. The number of hydrogen-bond donors (Lipinski definition) is 1. The fourth-order valence-electron chi connectivity index (χ4n) is 2.59. The zero-order valence-corrected chi connectivity index (χ0v) is 11.6. The summed E-state index contributed by atoms with van der Waals surface area (Å²) in [6.45, 7) is 0. The molecule has 5 heteroatoms. The van der Waals surface area contributed by atoms with Gasteiger partial charge in [0.2, 0.25) is 0 Å². The summed E-state index contributed by atoms with van der Waals surface area (Å²) < 4.78 is 13.1. The quantitative estimate of drug-likeness (QED) is 0.818. The van der Waals surface area contributed by atoms with E-state index in [4.69, 9.17) is 11.6 Å². The van der Waals surface area contributed by atoms with Crippen LogP contribution in [0.2, 0.25) is 5.02 Å². The molecule has 0 fully saturated rings. The second-order valence-electron chi connectivity index (χ2n) is 5.02. The van der Waals surface area contributed by atoms with E-state index < -0.39 is 5.82 Å². The van der Waals surface area contributed by atoms with E-state index in [2.05, 4.69) is 9.97 Å². The van der Waals surface area contributed by atoms with Crippen molar-refractivity contribution in [2.75, 3.05) is 0 Å². The van der Waals surface area contributed by atoms with Crippen LogP contribution >= 0.6 is 11.6 Å². The van der Waals surface area contributed by atoms with Gasteiger partial charge in [0.15, 0.2) is 0 Å². The van der Waals surface area contributed by atoms with Crippen molar-refractivity contribution >= 4 is 11.6 Å². The van der Waals surface area contributed by atoms with E-state index in [1.807, 2.05) is 0 Å². The number of nitrogens with zero attached hydrogens (tertiary/aromatic N) is 1. The van der Waals surface area contributed by atoms with Crippen LogP contribution in [0, 0.1) is 5.82 Å². The predicted octanol–water partition coefficient (Wildman–Crippen LogP) is 3.50. The van der Waals surface area contributed by atoms with Crippen molar-refractivity contribution in [3.8, 4) is 11.4 Å². The fourth-order valence-corrected chi connectivity index (χ4v) is 2.85. The van der Waals surface area contributed by atoms with E-state index in [0.29, 0.717) is 11.4 Å². The van der Waals surface area contributed by atoms with Crippen molar-refractivity contribution in [1.29, 1.82) is 0 Å². The van der Waals surface area contributed by atoms with E-state index in [9.17, 15) is 9.18 Å². The van der Waals surface area contributed by atoms with Crippen LogP contribution in [0.1, 0.15) is 30.5 Å². The molecule has 1 aromatic carbocycles. The topological polar surface area (TPSA) is 45.8 Å². The van der Waals surface area contributed by atoms with Gasteiger partial charge >= 0.3 is 0 Å². The largest absolute Gasteiger partial charge is 0.306 e. The second-order valence-corrected chi connectivity index (χ2v) is 5.43. The molecule has 0 saturated heterocycles. The van der Waals surface area contributed by atoms with E-state index >= 15 is 0 Å². The number of nitrogens with one attached hydrogen (secondary N) is 1. The molecule has 20 heavy (non-hydrogen) atoms. The molecular weight excluding hydrogens is 279 g/mol. The van der Waals surface area contributed by atoms with Crippen LogP contribution < -0.4 is 5.56 Å². The van der Waals surface area contributed by atoms with Crippen molar-refractivity contribution in [1.82, 2.24) is 9.97 Å². The van der Waals surface area contributed by atoms with Gasteiger partial charge in [-0.05, 0) is 43.9 Å². The molecule has 2 aromatic rings. The molecule has 1 N–H and O–H groups in total. The molecule has 0 bridgehead atoms. The van der Waals surface area contributed by atoms with Crippen LogP contribution in [0.15, 0.2) is 23.0 Å². The monoisotopic (exact) mass is 292 g/mol. The second kappa shape index (κ2) is 5.37. The summed E-state index contributed by atoms with van der Waals surface area (Å²) >= 11 is 6.03. The van der Waals surface area contributed by atoms with Crippen LogP contribution in [-0.4, -0.2) is 9.97 Å². The fraction of sp³-hybridized carbons (Fsp3) is 0.333. The predicted molar refractivity (Wildman–Crippen MR) is 76.5 cm³/mol. The third kappa shape index (κ3) is 2.48. The number of hydrogen-bond acceptors (Lipinski definition) is 2. The van der Waals surface area contributed by atoms with E-state index in [1.54, 1.807) is 6.07 Å². The molecule has 0 radical (unpaired) electrons. The lowest BCUT2D eigenvalue weighted by Crippen LogP contribution is -2.18. The first-order chi connectivity index (χ1) is 9.65. The van der Waals surface area contributed by atoms with Crippen LogP contribution in [0.5, 0.6) is 0 Å². The number of aromatic nitrogens is 2. The average molecular weight is 293 g/mol. The van der Waals surface area contributed by atoms with Crippen LogP contribution in [0.25, 0.3) is 11.4 Å². The number of benzene rings is 1. The Hall–Kier alpha value is -1.68. The summed E-state index contributed by atoms with van der Waals surface area (Å²) in [6, 6.07) is 4.08. The van der Waals surface area contributed by atoms with Gasteiger partial charge in [0.25, 0.3) is 5.56 Å². The van der Waals surface area contributed by atoms with Crippen molar-refractivity contribution in [3.05, 3.63) is 50.7 Å². The SMILES string of the molecule is O=c1[nH]c(-c2ccc(F)cc2Cl)nc2c1CCCCC2. The highest BCUT2D eigenvalue weighted by Gasteiger charge is 2.16. The number of halogens is 2. The van der Waals surface area contributed by atoms with Crippen molar-refractivity contribution in [3.63, 3.8) is 0 Å². The van der Waals surface area contributed by atoms with Crippen molar-refractivity contribution < 1.29 is 4.39 Å². The molecule has 1 aromatic heterocycles. The molecule has 1 aliphatic carbocycles. The zero-order valence-electron chi connectivity index (χ0n) is 10.9. The van der Waals surface area contributed by atoms with Gasteiger partial charge in [0.05, 0.1) is 10.7 Å². The van der Waals surface area contributed by atoms with Crippen LogP contribution in [0.4, 0.5) is 4.39 Å². The van der Waals surface area contributed by atoms with Gasteiger partial charge in [0.1, 0.15) is 11.6 Å². The van der Waals surface area contributed by atoms with Crippen molar-refractivity contribution in [2.45, 2.75) is 32.1 Å². The number of fused-ring (bicyclic) bond motifs is 1. The Labute approximate surface area is 120 Å². The standard InChI is InChI=1S/C15H14ClFN2O/c16-12-8-9(17)6-7-10(12)14-18-13-5-3-1-2-4-11(13)15(20)19-14/h6-8H,1-5H2,(H,18,19,20). The Morgan fingerprint density at radius 2 is 2.00 bits per heavy atom. The van der Waals surface area contributed by atoms with Crippen molar-refractivity contribution in [2.24, 2.45) is 0 Å². The first-order valence-corrected chi connectivity index (χ1v) is 7.10. The summed E-state index contributed by atoms with van der Waals surface area (Å²) in [4.78, 5) is 19.5. The van der Waals surface area contributed by atoms with Crippen LogP contribution in [-0.2, 0) is 12.8 Å². The lowest BCUT2D eigenvalue weighted by Gasteiger charge is -2.08. The van der Waals surface area contributed by atoms with Gasteiger partial charge in [-0.1, -0.05) is 18.0 Å². The van der Waals surface area contributed by atoms with Gasteiger partial charge in [0, 0.05) is 11.1 Å². The lowest BCUT2D eigenvalue weighted by atomic mass is 10.1. The highest BCUT2D eigenvalue weighted by Crippen LogP contribution is 2.26. The zero-order chi connectivity index (χ0) is 14.1. The maximum absolute atomic E-state index is 13.1. The Morgan fingerprint density at radius 3 is 2.80 bits per heavy atom. The molecule has 104 valence electrons. The highest BCUT2D eigenvalue weighted by atomic mass is 35.5. The lowest BCUT2D eigenvalue weighted by molar-refractivity contribution is 0.628. The van der Waals surface area contributed by atoms with E-state index in [-0.39, 0.29) is 10.6 Å².